The van der Waals surface area contributed by atoms with E-state index in [1.165, 1.54) is 30.4 Å². The van der Waals surface area contributed by atoms with E-state index in [2.05, 4.69) is 41.4 Å². The highest BCUT2D eigenvalue weighted by molar-refractivity contribution is 6.32. The van der Waals surface area contributed by atoms with Gasteiger partial charge in [0.1, 0.15) is 0 Å². The molecule has 0 saturated carbocycles. The molecule has 1 unspecified atom stereocenters. The Morgan fingerprint density at radius 2 is 1.83 bits per heavy atom. The van der Waals surface area contributed by atoms with Gasteiger partial charge in [-0.1, -0.05) is 36.2 Å². The Bertz CT molecular complexity index is 522. The summed E-state index contributed by atoms with van der Waals surface area (Å²) in [4.78, 5) is 25.7. The maximum absolute atomic E-state index is 11.8. The Labute approximate surface area is 138 Å². The third kappa shape index (κ3) is 5.06. The molecule has 23 heavy (non-hydrogen) atoms. The summed E-state index contributed by atoms with van der Waals surface area (Å²) in [5.41, 5.74) is 2.38. The van der Waals surface area contributed by atoms with Crippen molar-refractivity contribution in [1.29, 1.82) is 0 Å². The summed E-state index contributed by atoms with van der Waals surface area (Å²) < 4.78 is 4.74. The van der Waals surface area contributed by atoms with Crippen LogP contribution in [0.4, 0.5) is 0 Å². The minimum atomic E-state index is -0.811. The molecule has 1 N–H and O–H groups in total. The minimum absolute atomic E-state index is 0.0919. The fourth-order valence-electron chi connectivity index (χ4n) is 2.93. The minimum Gasteiger partial charge on any atom is -0.459 e. The van der Waals surface area contributed by atoms with Gasteiger partial charge in [0.15, 0.2) is 0 Å². The number of hydrogen-bond donors (Lipinski definition) is 1. The van der Waals surface area contributed by atoms with Crippen LogP contribution in [0.3, 0.4) is 0 Å². The smallest absolute Gasteiger partial charge is 0.396 e. The monoisotopic (exact) mass is 318 g/mol. The summed E-state index contributed by atoms with van der Waals surface area (Å²) in [5.74, 6) is -1.48. The highest BCUT2D eigenvalue weighted by Gasteiger charge is 2.24. The van der Waals surface area contributed by atoms with Crippen LogP contribution in [-0.4, -0.2) is 43.0 Å². The van der Waals surface area contributed by atoms with Crippen molar-refractivity contribution in [3.63, 3.8) is 0 Å². The van der Waals surface area contributed by atoms with Gasteiger partial charge in [-0.15, -0.1) is 0 Å². The zero-order valence-electron chi connectivity index (χ0n) is 14.0. The second-order valence-electron chi connectivity index (χ2n) is 5.95. The van der Waals surface area contributed by atoms with Crippen LogP contribution in [0.1, 0.15) is 43.4 Å². The molecule has 1 aromatic rings. The zero-order valence-corrected chi connectivity index (χ0v) is 14.0. The van der Waals surface area contributed by atoms with Crippen molar-refractivity contribution in [1.82, 2.24) is 10.2 Å². The average molecular weight is 318 g/mol. The Hall–Kier alpha value is -1.88. The fraction of sp³-hybridized carbons (Fsp3) is 0.556. The number of carbonyl (C=O) groups is 2. The van der Waals surface area contributed by atoms with Gasteiger partial charge in [0.2, 0.25) is 0 Å². The molecule has 126 valence electrons. The van der Waals surface area contributed by atoms with Crippen molar-refractivity contribution >= 4 is 11.9 Å². The lowest BCUT2D eigenvalue weighted by Crippen LogP contribution is -2.42. The molecule has 0 spiro atoms. The molecule has 1 aromatic carbocycles. The molecule has 5 nitrogen and oxygen atoms in total. The molecule has 0 aromatic heterocycles. The molecular formula is C18H26N2O3. The van der Waals surface area contributed by atoms with E-state index in [0.717, 1.165) is 13.1 Å². The first-order valence-electron chi connectivity index (χ1n) is 8.37. The highest BCUT2D eigenvalue weighted by atomic mass is 16.5. The Morgan fingerprint density at radius 1 is 1.17 bits per heavy atom. The molecule has 2 rings (SSSR count). The van der Waals surface area contributed by atoms with E-state index in [-0.39, 0.29) is 12.6 Å². The Kier molecular flexibility index (Phi) is 6.59. The van der Waals surface area contributed by atoms with Crippen LogP contribution in [0.15, 0.2) is 24.3 Å². The number of nitrogens with one attached hydrogen (secondary N) is 1. The maximum Gasteiger partial charge on any atom is 0.396 e. The predicted molar refractivity (Wildman–Crippen MR) is 89.0 cm³/mol. The summed E-state index contributed by atoms with van der Waals surface area (Å²) in [6.45, 7) is 6.42. The van der Waals surface area contributed by atoms with Crippen LogP contribution in [0.5, 0.6) is 0 Å². The number of likely N-dealkylation sites (tertiary alicyclic amines) is 1. The van der Waals surface area contributed by atoms with Gasteiger partial charge in [0.25, 0.3) is 0 Å². The van der Waals surface area contributed by atoms with E-state index in [9.17, 15) is 9.59 Å². The molecule has 1 fully saturated rings. The molecule has 1 aliphatic heterocycles. The third-order valence-corrected chi connectivity index (χ3v) is 4.21. The van der Waals surface area contributed by atoms with Gasteiger partial charge in [-0.3, -0.25) is 9.69 Å². The summed E-state index contributed by atoms with van der Waals surface area (Å²) >= 11 is 0. The summed E-state index contributed by atoms with van der Waals surface area (Å²) in [7, 11) is 0. The lowest BCUT2D eigenvalue weighted by molar-refractivity contribution is -0.154. The van der Waals surface area contributed by atoms with Crippen molar-refractivity contribution in [3.05, 3.63) is 35.4 Å². The maximum atomic E-state index is 11.8. The lowest BCUT2D eigenvalue weighted by atomic mass is 10.0. The largest absolute Gasteiger partial charge is 0.459 e. The summed E-state index contributed by atoms with van der Waals surface area (Å²) in [5, 5.41) is 2.72. The highest BCUT2D eigenvalue weighted by Crippen LogP contribution is 2.24. The molecule has 1 saturated heterocycles. The molecular weight excluding hydrogens is 292 g/mol. The van der Waals surface area contributed by atoms with Crippen molar-refractivity contribution in [2.45, 2.75) is 39.2 Å². The Morgan fingerprint density at radius 3 is 2.43 bits per heavy atom. The standard InChI is InChI=1S/C18H26N2O3/c1-3-23-18(22)17(21)19-13-16(20-11-5-4-6-12-20)15-9-7-14(2)8-10-15/h7-10,16H,3-6,11-13H2,1-2H3,(H,19,21). The van der Waals surface area contributed by atoms with E-state index in [4.69, 9.17) is 4.74 Å². The number of esters is 1. The van der Waals surface area contributed by atoms with E-state index >= 15 is 0 Å². The first-order chi connectivity index (χ1) is 11.1. The SMILES string of the molecule is CCOC(=O)C(=O)NCC(c1ccc(C)cc1)N1CCCCC1. The summed E-state index contributed by atoms with van der Waals surface area (Å²) in [6, 6.07) is 8.46. The number of hydrogen-bond acceptors (Lipinski definition) is 4. The van der Waals surface area contributed by atoms with Crippen LogP contribution in [-0.2, 0) is 14.3 Å². The number of benzene rings is 1. The number of carbonyl (C=O) groups excluding carboxylic acids is 2. The van der Waals surface area contributed by atoms with E-state index < -0.39 is 11.9 Å². The van der Waals surface area contributed by atoms with Crippen molar-refractivity contribution in [2.75, 3.05) is 26.2 Å². The van der Waals surface area contributed by atoms with Crippen LogP contribution >= 0.6 is 0 Å². The van der Waals surface area contributed by atoms with Crippen LogP contribution in [0, 0.1) is 6.92 Å². The molecule has 0 aliphatic carbocycles. The van der Waals surface area contributed by atoms with E-state index in [1.54, 1.807) is 6.92 Å². The number of nitrogens with zero attached hydrogens (tertiary/aromatic N) is 1. The third-order valence-electron chi connectivity index (χ3n) is 4.21. The molecule has 1 atom stereocenters. The average Bonchev–Trinajstić information content (AvgIpc) is 2.57. The number of piperidine rings is 1. The first-order valence-corrected chi connectivity index (χ1v) is 8.37. The van der Waals surface area contributed by atoms with Crippen LogP contribution in [0.2, 0.25) is 0 Å². The molecule has 1 amide bonds. The van der Waals surface area contributed by atoms with Gasteiger partial charge in [-0.05, 0) is 45.3 Å². The first kappa shape index (κ1) is 17.5. The second kappa shape index (κ2) is 8.67. The molecule has 1 heterocycles. The quantitative estimate of drug-likeness (QED) is 0.668. The van der Waals surface area contributed by atoms with Gasteiger partial charge in [0.05, 0.1) is 12.6 Å². The topological polar surface area (TPSA) is 58.6 Å². The van der Waals surface area contributed by atoms with Gasteiger partial charge in [0, 0.05) is 6.54 Å². The van der Waals surface area contributed by atoms with Crippen molar-refractivity contribution in [2.24, 2.45) is 0 Å². The van der Waals surface area contributed by atoms with Crippen molar-refractivity contribution < 1.29 is 14.3 Å². The Balaban J connectivity index is 2.05. The normalized spacial score (nSPS) is 16.6. The number of rotatable bonds is 5. The molecule has 5 heteroatoms. The van der Waals surface area contributed by atoms with Crippen molar-refractivity contribution in [3.8, 4) is 0 Å². The van der Waals surface area contributed by atoms with Crippen LogP contribution < -0.4 is 5.32 Å². The van der Waals surface area contributed by atoms with Crippen LogP contribution in [0.25, 0.3) is 0 Å². The van der Waals surface area contributed by atoms with Gasteiger partial charge in [-0.2, -0.15) is 0 Å². The van der Waals surface area contributed by atoms with Gasteiger partial charge < -0.3 is 10.1 Å². The fourth-order valence-corrected chi connectivity index (χ4v) is 2.93. The van der Waals surface area contributed by atoms with E-state index in [0.29, 0.717) is 6.54 Å². The van der Waals surface area contributed by atoms with Gasteiger partial charge in [-0.25, -0.2) is 4.79 Å². The predicted octanol–water partition coefficient (Wildman–Crippen LogP) is 2.20. The molecule has 1 aliphatic rings. The lowest BCUT2D eigenvalue weighted by Gasteiger charge is -2.35. The number of aryl methyl sites for hydroxylation is 1. The second-order valence-corrected chi connectivity index (χ2v) is 5.95. The van der Waals surface area contributed by atoms with E-state index in [1.807, 2.05) is 0 Å². The molecule has 0 radical (unpaired) electrons. The molecule has 0 bridgehead atoms. The number of amides is 1. The van der Waals surface area contributed by atoms with Gasteiger partial charge >= 0.3 is 11.9 Å². The summed E-state index contributed by atoms with van der Waals surface area (Å²) in [6.07, 6.45) is 3.61. The zero-order chi connectivity index (χ0) is 16.7. The number of ether oxygens (including phenoxy) is 1.